The molecule has 1 aliphatic rings. The molecule has 2 N–H and O–H groups in total. The Labute approximate surface area is 114 Å². The molecule has 0 unspecified atom stereocenters. The van der Waals surface area contributed by atoms with Gasteiger partial charge in [0.05, 0.1) is 12.2 Å². The first kappa shape index (κ1) is 13.9. The maximum atomic E-state index is 12.0. The molecule has 1 aliphatic heterocycles. The molecule has 1 heterocycles. The molecule has 0 atom stereocenters. The summed E-state index contributed by atoms with van der Waals surface area (Å²) in [5, 5.41) is 6.44. The highest BCUT2D eigenvalue weighted by atomic mass is 16.5. The zero-order valence-electron chi connectivity index (χ0n) is 11.7. The van der Waals surface area contributed by atoms with E-state index >= 15 is 0 Å². The molecule has 19 heavy (non-hydrogen) atoms. The number of anilines is 1. The van der Waals surface area contributed by atoms with Crippen molar-refractivity contribution in [2.24, 2.45) is 5.92 Å². The van der Waals surface area contributed by atoms with Crippen LogP contribution in [0, 0.1) is 5.92 Å². The zero-order chi connectivity index (χ0) is 13.7. The molecule has 0 saturated carbocycles. The van der Waals surface area contributed by atoms with Crippen LogP contribution >= 0.6 is 0 Å². The van der Waals surface area contributed by atoms with Gasteiger partial charge in [-0.15, -0.1) is 0 Å². The zero-order valence-corrected chi connectivity index (χ0v) is 11.7. The maximum Gasteiger partial charge on any atom is 0.176 e. The van der Waals surface area contributed by atoms with E-state index in [0.717, 1.165) is 36.5 Å². The van der Waals surface area contributed by atoms with E-state index in [0.29, 0.717) is 19.1 Å². The highest BCUT2D eigenvalue weighted by Crippen LogP contribution is 2.28. The Hall–Kier alpha value is -1.55. The van der Waals surface area contributed by atoms with Crippen LogP contribution in [0.3, 0.4) is 0 Å². The smallest absolute Gasteiger partial charge is 0.176 e. The minimum absolute atomic E-state index is 0.124. The molecule has 0 radical (unpaired) electrons. The lowest BCUT2D eigenvalue weighted by atomic mass is 10.1. The van der Waals surface area contributed by atoms with Gasteiger partial charge in [0.15, 0.2) is 5.78 Å². The van der Waals surface area contributed by atoms with Gasteiger partial charge in [-0.05, 0) is 37.1 Å². The number of ether oxygens (including phenoxy) is 1. The van der Waals surface area contributed by atoms with Crippen LogP contribution in [0.15, 0.2) is 18.2 Å². The Morgan fingerprint density at radius 1 is 1.47 bits per heavy atom. The summed E-state index contributed by atoms with van der Waals surface area (Å²) in [6.07, 6.45) is 1.09. The third-order valence-corrected chi connectivity index (χ3v) is 3.16. The van der Waals surface area contributed by atoms with E-state index in [-0.39, 0.29) is 5.78 Å². The van der Waals surface area contributed by atoms with Crippen LogP contribution in [0.5, 0.6) is 5.75 Å². The van der Waals surface area contributed by atoms with Crippen molar-refractivity contribution < 1.29 is 9.53 Å². The van der Waals surface area contributed by atoms with Gasteiger partial charge in [-0.3, -0.25) is 4.79 Å². The van der Waals surface area contributed by atoms with Crippen molar-refractivity contribution in [1.82, 2.24) is 5.32 Å². The monoisotopic (exact) mass is 262 g/mol. The number of carbonyl (C=O) groups is 1. The third-order valence-electron chi connectivity index (χ3n) is 3.16. The van der Waals surface area contributed by atoms with Crippen molar-refractivity contribution in [2.45, 2.75) is 20.3 Å². The van der Waals surface area contributed by atoms with Gasteiger partial charge in [0.1, 0.15) is 12.4 Å². The number of hydrogen-bond acceptors (Lipinski definition) is 4. The molecule has 0 amide bonds. The predicted molar refractivity (Wildman–Crippen MR) is 77.1 cm³/mol. The number of rotatable bonds is 6. The van der Waals surface area contributed by atoms with Gasteiger partial charge in [0, 0.05) is 12.1 Å². The van der Waals surface area contributed by atoms with Gasteiger partial charge in [-0.25, -0.2) is 0 Å². The summed E-state index contributed by atoms with van der Waals surface area (Å²) in [6, 6.07) is 5.57. The van der Waals surface area contributed by atoms with Crippen LogP contribution in [-0.4, -0.2) is 32.0 Å². The summed E-state index contributed by atoms with van der Waals surface area (Å²) in [6.45, 7) is 7.10. The van der Waals surface area contributed by atoms with E-state index in [4.69, 9.17) is 4.74 Å². The Kier molecular flexibility index (Phi) is 4.80. The average molecular weight is 262 g/mol. The minimum Gasteiger partial charge on any atom is -0.490 e. The number of hydrogen-bond donors (Lipinski definition) is 2. The van der Waals surface area contributed by atoms with Crippen molar-refractivity contribution in [2.75, 3.05) is 31.6 Å². The Morgan fingerprint density at radius 3 is 3.11 bits per heavy atom. The number of Topliss-reactive ketones (excluding diaryl/α,β-unsaturated/α-hetero) is 1. The fourth-order valence-corrected chi connectivity index (χ4v) is 2.01. The molecular formula is C15H22N2O2. The van der Waals surface area contributed by atoms with Crippen molar-refractivity contribution in [3.05, 3.63) is 23.8 Å². The molecule has 1 aromatic carbocycles. The van der Waals surface area contributed by atoms with E-state index in [9.17, 15) is 4.79 Å². The lowest BCUT2D eigenvalue weighted by Crippen LogP contribution is -2.25. The Balaban J connectivity index is 1.88. The quantitative estimate of drug-likeness (QED) is 0.610. The van der Waals surface area contributed by atoms with Crippen LogP contribution < -0.4 is 15.4 Å². The summed E-state index contributed by atoms with van der Waals surface area (Å²) in [5.41, 5.74) is 1.65. The molecule has 4 heteroatoms. The van der Waals surface area contributed by atoms with E-state index in [1.165, 1.54) is 0 Å². The molecular weight excluding hydrogens is 240 g/mol. The van der Waals surface area contributed by atoms with Gasteiger partial charge in [-0.2, -0.15) is 0 Å². The molecule has 0 aromatic heterocycles. The van der Waals surface area contributed by atoms with Crippen LogP contribution in [0.4, 0.5) is 5.69 Å². The van der Waals surface area contributed by atoms with E-state index in [2.05, 4.69) is 24.5 Å². The molecule has 104 valence electrons. The molecule has 0 saturated heterocycles. The molecule has 0 spiro atoms. The minimum atomic E-state index is 0.124. The molecule has 2 rings (SSSR count). The van der Waals surface area contributed by atoms with Crippen molar-refractivity contribution in [3.63, 3.8) is 0 Å². The third kappa shape index (κ3) is 3.96. The van der Waals surface area contributed by atoms with Crippen LogP contribution in [0.1, 0.15) is 30.6 Å². The second kappa shape index (κ2) is 6.57. The van der Waals surface area contributed by atoms with E-state index in [1.807, 2.05) is 18.2 Å². The topological polar surface area (TPSA) is 50.4 Å². The number of fused-ring (bicyclic) bond motifs is 1. The number of carbonyl (C=O) groups excluding carboxylic acids is 1. The summed E-state index contributed by atoms with van der Waals surface area (Å²) in [5.74, 6) is 1.61. The largest absolute Gasteiger partial charge is 0.490 e. The number of benzene rings is 1. The summed E-state index contributed by atoms with van der Waals surface area (Å²) < 4.78 is 5.49. The fraction of sp³-hybridized carbons (Fsp3) is 0.533. The Morgan fingerprint density at radius 2 is 2.32 bits per heavy atom. The lowest BCUT2D eigenvalue weighted by molar-refractivity contribution is 0.0991. The molecule has 4 nitrogen and oxygen atoms in total. The highest BCUT2D eigenvalue weighted by Gasteiger charge is 2.13. The summed E-state index contributed by atoms with van der Waals surface area (Å²) in [7, 11) is 0. The number of nitrogens with one attached hydrogen (secondary N) is 2. The standard InChI is InChI=1S/C15H22N2O2/c1-11(2)5-6-16-10-14(18)12-3-4-15-13(9-12)17-7-8-19-15/h3-4,9,11,16-17H,5-8,10H2,1-2H3. The molecule has 0 fully saturated rings. The van der Waals surface area contributed by atoms with Crippen LogP contribution in [0.25, 0.3) is 0 Å². The van der Waals surface area contributed by atoms with Gasteiger partial charge in [0.25, 0.3) is 0 Å². The van der Waals surface area contributed by atoms with Crippen molar-refractivity contribution in [3.8, 4) is 5.75 Å². The first-order valence-electron chi connectivity index (χ1n) is 6.91. The summed E-state index contributed by atoms with van der Waals surface area (Å²) >= 11 is 0. The first-order valence-corrected chi connectivity index (χ1v) is 6.91. The second-order valence-electron chi connectivity index (χ2n) is 5.27. The van der Waals surface area contributed by atoms with Gasteiger partial charge >= 0.3 is 0 Å². The first-order chi connectivity index (χ1) is 9.16. The van der Waals surface area contributed by atoms with Crippen molar-refractivity contribution in [1.29, 1.82) is 0 Å². The number of ketones is 1. The molecule has 1 aromatic rings. The van der Waals surface area contributed by atoms with Crippen molar-refractivity contribution >= 4 is 11.5 Å². The maximum absolute atomic E-state index is 12.0. The van der Waals surface area contributed by atoms with E-state index in [1.54, 1.807) is 0 Å². The van der Waals surface area contributed by atoms with Crippen LogP contribution in [0.2, 0.25) is 0 Å². The summed E-state index contributed by atoms with van der Waals surface area (Å²) in [4.78, 5) is 12.0. The molecule has 0 bridgehead atoms. The molecule has 0 aliphatic carbocycles. The SMILES string of the molecule is CC(C)CCNCC(=O)c1ccc2c(c1)NCCO2. The predicted octanol–water partition coefficient (Wildman–Crippen LogP) is 2.31. The lowest BCUT2D eigenvalue weighted by Gasteiger charge is -2.19. The van der Waals surface area contributed by atoms with E-state index < -0.39 is 0 Å². The van der Waals surface area contributed by atoms with Gasteiger partial charge in [0.2, 0.25) is 0 Å². The fourth-order valence-electron chi connectivity index (χ4n) is 2.01. The van der Waals surface area contributed by atoms with Gasteiger partial charge < -0.3 is 15.4 Å². The van der Waals surface area contributed by atoms with Crippen LogP contribution in [-0.2, 0) is 0 Å². The Bertz CT molecular complexity index is 444. The highest BCUT2D eigenvalue weighted by molar-refractivity contribution is 5.98. The normalized spacial score (nSPS) is 13.6. The second-order valence-corrected chi connectivity index (χ2v) is 5.27. The average Bonchev–Trinajstić information content (AvgIpc) is 2.42. The van der Waals surface area contributed by atoms with Gasteiger partial charge in [-0.1, -0.05) is 13.8 Å².